The summed E-state index contributed by atoms with van der Waals surface area (Å²) in [7, 11) is -3.37. The molecule has 0 aliphatic heterocycles. The number of amides is 1. The lowest BCUT2D eigenvalue weighted by Gasteiger charge is -2.23. The maximum absolute atomic E-state index is 13.0. The number of halogens is 4. The molecule has 2 rings (SSSR count). The largest absolute Gasteiger partial charge is 0.471 e. The molecule has 1 N–H and O–H groups in total. The first-order valence-corrected chi connectivity index (χ1v) is 10.6. The van der Waals surface area contributed by atoms with E-state index in [1.54, 1.807) is 11.4 Å². The van der Waals surface area contributed by atoms with E-state index in [1.807, 2.05) is 11.8 Å². The second kappa shape index (κ2) is 10.5. The third-order valence-electron chi connectivity index (χ3n) is 4.19. The van der Waals surface area contributed by atoms with E-state index in [1.165, 1.54) is 31.4 Å². The predicted octanol–water partition coefficient (Wildman–Crippen LogP) is 4.73. The van der Waals surface area contributed by atoms with Crippen LogP contribution >= 0.6 is 0 Å². The monoisotopic (exact) mass is 476 g/mol. The van der Waals surface area contributed by atoms with Crippen LogP contribution in [0.3, 0.4) is 0 Å². The molecular formula is C19H20F4N4O4S. The Bertz CT molecular complexity index is 1070. The summed E-state index contributed by atoms with van der Waals surface area (Å²) in [6.45, 7) is 3.22. The fourth-order valence-electron chi connectivity index (χ4n) is 2.56. The molecule has 2 aromatic rings. The van der Waals surface area contributed by atoms with Gasteiger partial charge < -0.3 is 15.0 Å². The number of alkyl halides is 3. The minimum atomic E-state index is -5.11. The molecule has 0 saturated heterocycles. The summed E-state index contributed by atoms with van der Waals surface area (Å²) >= 11 is 0. The summed E-state index contributed by atoms with van der Waals surface area (Å²) in [5, 5.41) is 9.45. The Kier molecular flexibility index (Phi) is 8.27. The first-order valence-electron chi connectivity index (χ1n) is 9.18. The third-order valence-corrected chi connectivity index (χ3v) is 5.02. The number of rotatable bonds is 9. The number of carbonyl (C=O) groups excluding carboxylic acids is 1. The topological polar surface area (TPSA) is 100 Å². The van der Waals surface area contributed by atoms with Gasteiger partial charge in [-0.15, -0.1) is 9.00 Å². The van der Waals surface area contributed by atoms with Gasteiger partial charge in [0.1, 0.15) is 5.69 Å². The zero-order valence-corrected chi connectivity index (χ0v) is 17.9. The molecule has 0 aromatic heterocycles. The summed E-state index contributed by atoms with van der Waals surface area (Å²) in [6, 6.07) is 8.57. The molecule has 0 radical (unpaired) electrons. The maximum Gasteiger partial charge on any atom is 0.471 e. The van der Waals surface area contributed by atoms with Gasteiger partial charge in [-0.3, -0.25) is 4.79 Å². The molecule has 2 aromatic carbocycles. The Hall–Kier alpha value is -3.06. The van der Waals surface area contributed by atoms with Crippen LogP contribution < -0.4 is 10.2 Å². The fraction of sp³-hybridized carbons (Fsp3) is 0.316. The van der Waals surface area contributed by atoms with Crippen LogP contribution in [-0.4, -0.2) is 47.3 Å². The molecule has 0 heterocycles. The summed E-state index contributed by atoms with van der Waals surface area (Å²) in [6.07, 6.45) is -5.11. The first kappa shape index (κ1) is 25.2. The van der Waals surface area contributed by atoms with E-state index in [0.29, 0.717) is 25.4 Å². The normalized spacial score (nSPS) is 12.2. The predicted molar refractivity (Wildman–Crippen MR) is 110 cm³/mol. The van der Waals surface area contributed by atoms with Gasteiger partial charge in [0, 0.05) is 25.9 Å². The van der Waals surface area contributed by atoms with Crippen molar-refractivity contribution in [1.29, 1.82) is 0 Å². The lowest BCUT2D eigenvalue weighted by molar-refractivity contribution is -0.167. The molecule has 1 amide bonds. The molecule has 32 heavy (non-hydrogen) atoms. The number of methoxy groups -OCH3 is 1. The van der Waals surface area contributed by atoms with Crippen LogP contribution in [0.25, 0.3) is 0 Å². The van der Waals surface area contributed by atoms with Crippen molar-refractivity contribution in [2.75, 3.05) is 37.0 Å². The summed E-state index contributed by atoms with van der Waals surface area (Å²) in [4.78, 5) is 12.7. The van der Waals surface area contributed by atoms with E-state index in [4.69, 9.17) is 4.74 Å². The Morgan fingerprint density at radius 2 is 1.78 bits per heavy atom. The Labute approximate surface area is 182 Å². The highest BCUT2D eigenvalue weighted by Crippen LogP contribution is 2.33. The number of nitrogens with one attached hydrogen (secondary N) is 1. The quantitative estimate of drug-likeness (QED) is 0.320. The molecule has 0 aliphatic carbocycles. The highest BCUT2D eigenvalue weighted by molar-refractivity contribution is 7.86. The molecule has 0 unspecified atom stereocenters. The highest BCUT2D eigenvalue weighted by Gasteiger charge is 2.39. The molecule has 8 nitrogen and oxygen atoms in total. The molecule has 0 aliphatic rings. The number of carbonyl (C=O) groups is 1. The van der Waals surface area contributed by atoms with Crippen molar-refractivity contribution < 1.29 is 35.0 Å². The smallest absolute Gasteiger partial charge is 0.383 e. The van der Waals surface area contributed by atoms with Gasteiger partial charge in [-0.25, -0.2) is 0 Å². The number of hydrogen-bond donors (Lipinski definition) is 1. The van der Waals surface area contributed by atoms with Crippen LogP contribution in [0.2, 0.25) is 0 Å². The van der Waals surface area contributed by atoms with Crippen molar-refractivity contribution in [3.63, 3.8) is 0 Å². The van der Waals surface area contributed by atoms with E-state index in [0.717, 1.165) is 12.1 Å². The number of hydrogen-bond acceptors (Lipinski definition) is 7. The van der Waals surface area contributed by atoms with Crippen molar-refractivity contribution in [2.45, 2.75) is 18.0 Å². The van der Waals surface area contributed by atoms with Crippen LogP contribution in [0.5, 0.6) is 0 Å². The molecular weight excluding hydrogens is 456 g/mol. The second-order valence-corrected chi connectivity index (χ2v) is 7.70. The van der Waals surface area contributed by atoms with Crippen molar-refractivity contribution in [3.05, 3.63) is 42.5 Å². The Morgan fingerprint density at radius 3 is 2.31 bits per heavy atom. The molecule has 0 bridgehead atoms. The number of anilines is 2. The van der Waals surface area contributed by atoms with Gasteiger partial charge in [-0.1, -0.05) is 0 Å². The number of benzene rings is 2. The minimum Gasteiger partial charge on any atom is -0.383 e. The zero-order chi connectivity index (χ0) is 23.9. The summed E-state index contributed by atoms with van der Waals surface area (Å²) in [5.41, 5.74) is 0.340. The third kappa shape index (κ3) is 6.99. The molecule has 0 spiro atoms. The number of likely N-dealkylation sites (N-methyl/N-ethyl adjacent to an activating group) is 1. The zero-order valence-electron chi connectivity index (χ0n) is 17.1. The average molecular weight is 476 g/mol. The van der Waals surface area contributed by atoms with Crippen molar-refractivity contribution in [1.82, 2.24) is 0 Å². The van der Waals surface area contributed by atoms with Gasteiger partial charge >= 0.3 is 22.3 Å². The standard InChI is InChI=1S/C19H20F4N4O4S/c1-3-27(10-11-31-2)14-6-9-16(17(12-14)24-18(28)19(20,21)22)26-25-13-4-7-15(8-5-13)32(23,29)30/h4-9,12H,3,10-11H2,1-2H3,(H,24,28)/b26-25+. The lowest BCUT2D eigenvalue weighted by atomic mass is 10.2. The molecule has 174 valence electrons. The number of azo groups is 1. The van der Waals surface area contributed by atoms with Gasteiger partial charge in [-0.05, 0) is 49.4 Å². The second-order valence-electron chi connectivity index (χ2n) is 6.36. The van der Waals surface area contributed by atoms with E-state index in [9.17, 15) is 30.3 Å². The van der Waals surface area contributed by atoms with Crippen LogP contribution in [0, 0.1) is 0 Å². The van der Waals surface area contributed by atoms with Gasteiger partial charge in [0.2, 0.25) is 0 Å². The van der Waals surface area contributed by atoms with Crippen molar-refractivity contribution >= 4 is 38.9 Å². The molecule has 0 fully saturated rings. The Morgan fingerprint density at radius 1 is 1.12 bits per heavy atom. The van der Waals surface area contributed by atoms with Gasteiger partial charge in [0.05, 0.1) is 22.9 Å². The van der Waals surface area contributed by atoms with Crippen LogP contribution in [0.1, 0.15) is 6.92 Å². The van der Waals surface area contributed by atoms with Gasteiger partial charge in [0.25, 0.3) is 0 Å². The first-order chi connectivity index (χ1) is 15.0. The van der Waals surface area contributed by atoms with E-state index in [2.05, 4.69) is 10.2 Å². The number of ether oxygens (including phenoxy) is 1. The van der Waals surface area contributed by atoms with Crippen molar-refractivity contribution in [3.8, 4) is 0 Å². The molecule has 0 atom stereocenters. The van der Waals surface area contributed by atoms with Gasteiger partial charge in [0.15, 0.2) is 0 Å². The average Bonchev–Trinajstić information content (AvgIpc) is 2.72. The van der Waals surface area contributed by atoms with E-state index < -0.39 is 27.2 Å². The molecule has 13 heteroatoms. The van der Waals surface area contributed by atoms with E-state index in [-0.39, 0.29) is 17.1 Å². The highest BCUT2D eigenvalue weighted by atomic mass is 32.3. The minimum absolute atomic E-state index is 0.0728. The number of nitrogens with zero attached hydrogens (tertiary/aromatic N) is 3. The molecule has 0 saturated carbocycles. The summed E-state index contributed by atoms with van der Waals surface area (Å²) in [5.74, 6) is -2.18. The Balaban J connectivity index is 2.39. The fourth-order valence-corrected chi connectivity index (χ4v) is 3.02. The van der Waals surface area contributed by atoms with Crippen LogP contribution in [-0.2, 0) is 19.8 Å². The van der Waals surface area contributed by atoms with E-state index >= 15 is 0 Å². The van der Waals surface area contributed by atoms with Crippen molar-refractivity contribution in [2.24, 2.45) is 10.2 Å². The van der Waals surface area contributed by atoms with Crippen LogP contribution in [0.4, 0.5) is 39.8 Å². The SMILES string of the molecule is CCN(CCOC)c1ccc(/N=N/c2ccc(S(=O)(=O)F)cc2)c(NC(=O)C(F)(F)F)c1. The van der Waals surface area contributed by atoms with Crippen LogP contribution in [0.15, 0.2) is 57.6 Å². The lowest BCUT2D eigenvalue weighted by Crippen LogP contribution is -2.30. The van der Waals surface area contributed by atoms with Gasteiger partial charge in [-0.2, -0.15) is 26.7 Å². The maximum atomic E-state index is 13.0. The summed E-state index contributed by atoms with van der Waals surface area (Å²) < 4.78 is 78.0.